The van der Waals surface area contributed by atoms with Crippen molar-refractivity contribution in [3.63, 3.8) is 0 Å². The number of nitrogens with two attached hydrogens (primary N) is 1. The fourth-order valence-electron chi connectivity index (χ4n) is 5.20. The van der Waals surface area contributed by atoms with Gasteiger partial charge in [-0.2, -0.15) is 0 Å². The first-order valence-electron chi connectivity index (χ1n) is 16.3. The predicted octanol–water partition coefficient (Wildman–Crippen LogP) is 7.99. The summed E-state index contributed by atoms with van der Waals surface area (Å²) >= 11 is 4.64. The molecular formula is C39H56ClN2O2+. The van der Waals surface area contributed by atoms with Crippen LogP contribution in [0.15, 0.2) is 103 Å². The Morgan fingerprint density at radius 1 is 0.773 bits per heavy atom. The Hall–Kier alpha value is -3.05. The van der Waals surface area contributed by atoms with E-state index in [0.717, 1.165) is 37.2 Å². The largest absolute Gasteiger partial charge is 0.489 e. The van der Waals surface area contributed by atoms with Crippen LogP contribution in [0.1, 0.15) is 69.6 Å². The van der Waals surface area contributed by atoms with Crippen molar-refractivity contribution < 1.29 is 14.4 Å². The van der Waals surface area contributed by atoms with Crippen molar-refractivity contribution in [2.24, 2.45) is 5.73 Å². The minimum Gasteiger partial charge on any atom is -0.489 e. The molecular weight excluding hydrogens is 564 g/mol. The lowest BCUT2D eigenvalue weighted by molar-refractivity contribution is -0.900. The standard InChI is InChI=1S/C38H52N2O2.CH3Cl/c1-4-12-35(13-5-2)30-41-37-23-19-33(20-24-37)17-10-28-40(27-9-14-32(3)39)29-11-18-34-21-25-38(26-22-34)42-31-36-15-7-6-8-16-36;1-2/h4,6-8,12-13,15-16,19-26,32H,5,9-11,14,17-18,27-31,39H2,1-3H3;1H3/p+1/b12-4-,35-13+;. The van der Waals surface area contributed by atoms with Gasteiger partial charge >= 0.3 is 0 Å². The third kappa shape index (κ3) is 16.1. The molecule has 0 bridgehead atoms. The minimum absolute atomic E-state index is 0.279. The van der Waals surface area contributed by atoms with Crippen molar-refractivity contribution in [3.8, 4) is 11.5 Å². The molecule has 3 aromatic carbocycles. The summed E-state index contributed by atoms with van der Waals surface area (Å²) in [6.07, 6.45) is 15.8. The first-order valence-corrected chi connectivity index (χ1v) is 17.1. The van der Waals surface area contributed by atoms with Crippen molar-refractivity contribution >= 4 is 11.6 Å². The van der Waals surface area contributed by atoms with Crippen LogP contribution >= 0.6 is 11.6 Å². The van der Waals surface area contributed by atoms with Crippen LogP contribution < -0.4 is 20.1 Å². The van der Waals surface area contributed by atoms with Gasteiger partial charge in [0, 0.05) is 25.3 Å². The number of quaternary nitrogens is 1. The van der Waals surface area contributed by atoms with E-state index in [2.05, 4.69) is 104 Å². The molecule has 0 saturated heterocycles. The number of hydrogen-bond donors (Lipinski definition) is 2. The van der Waals surface area contributed by atoms with Gasteiger partial charge in [-0.25, -0.2) is 0 Å². The number of halogens is 1. The van der Waals surface area contributed by atoms with E-state index >= 15 is 0 Å². The number of rotatable bonds is 20. The molecule has 2 unspecified atom stereocenters. The molecule has 5 heteroatoms. The Morgan fingerprint density at radius 2 is 1.32 bits per heavy atom. The van der Waals surface area contributed by atoms with E-state index in [1.54, 1.807) is 4.90 Å². The van der Waals surface area contributed by atoms with Gasteiger partial charge in [-0.1, -0.05) is 79.7 Å². The molecule has 0 aliphatic carbocycles. The number of ether oxygens (including phenoxy) is 2. The van der Waals surface area contributed by atoms with Crippen LogP contribution in [0.4, 0.5) is 0 Å². The third-order valence-electron chi connectivity index (χ3n) is 7.53. The van der Waals surface area contributed by atoms with Crippen LogP contribution in [0.25, 0.3) is 0 Å². The Kier molecular flexibility index (Phi) is 19.7. The Labute approximate surface area is 272 Å². The smallest absolute Gasteiger partial charge is 0.119 e. The first-order chi connectivity index (χ1) is 21.6. The maximum absolute atomic E-state index is 6.04. The molecule has 240 valence electrons. The molecule has 4 nitrogen and oxygen atoms in total. The van der Waals surface area contributed by atoms with Crippen molar-refractivity contribution in [2.75, 3.05) is 32.6 Å². The van der Waals surface area contributed by atoms with Crippen LogP contribution in [0.3, 0.4) is 0 Å². The van der Waals surface area contributed by atoms with Gasteiger partial charge in [0.1, 0.15) is 24.7 Å². The molecule has 3 N–H and O–H groups in total. The number of benzene rings is 3. The van der Waals surface area contributed by atoms with E-state index < -0.39 is 0 Å². The number of allylic oxidation sites excluding steroid dienone is 2. The van der Waals surface area contributed by atoms with Gasteiger partial charge in [0.2, 0.25) is 0 Å². The zero-order valence-corrected chi connectivity index (χ0v) is 28.3. The molecule has 0 amide bonds. The van der Waals surface area contributed by atoms with Crippen LogP contribution in [0.2, 0.25) is 0 Å². The maximum atomic E-state index is 6.04. The number of alkyl halides is 1. The number of hydrogen-bond acceptors (Lipinski definition) is 3. The molecule has 3 rings (SSSR count). The van der Waals surface area contributed by atoms with E-state index in [1.807, 2.05) is 25.1 Å². The Bertz CT molecular complexity index is 1180. The van der Waals surface area contributed by atoms with Crippen LogP contribution in [-0.4, -0.2) is 38.7 Å². The average molecular weight is 620 g/mol. The summed E-state index contributed by atoms with van der Waals surface area (Å²) in [5.74, 6) is 1.86. The summed E-state index contributed by atoms with van der Waals surface area (Å²) < 4.78 is 12.0. The Morgan fingerprint density at radius 3 is 1.84 bits per heavy atom. The number of aryl methyl sites for hydroxylation is 2. The highest BCUT2D eigenvalue weighted by Crippen LogP contribution is 2.16. The summed E-state index contributed by atoms with van der Waals surface area (Å²) in [5, 5.41) is 0. The lowest BCUT2D eigenvalue weighted by Crippen LogP contribution is -3.12. The summed E-state index contributed by atoms with van der Waals surface area (Å²) in [6, 6.07) is 27.9. The molecule has 0 radical (unpaired) electrons. The second-order valence-electron chi connectivity index (χ2n) is 11.4. The minimum atomic E-state index is 0.279. The SMILES string of the molecule is C/C=C\C(=C/CC)COc1ccc(CCC[NH+](CCCc2ccc(OCc3ccccc3)cc2)CCCC(C)N)cc1.CCl. The highest BCUT2D eigenvalue weighted by atomic mass is 35.5. The summed E-state index contributed by atoms with van der Waals surface area (Å²) in [7, 11) is 0. The molecule has 3 aromatic rings. The second kappa shape index (κ2) is 23.3. The zero-order valence-electron chi connectivity index (χ0n) is 27.6. The predicted molar refractivity (Wildman–Crippen MR) is 189 cm³/mol. The van der Waals surface area contributed by atoms with Gasteiger partial charge in [-0.05, 0) is 92.5 Å². The topological polar surface area (TPSA) is 48.9 Å². The van der Waals surface area contributed by atoms with Gasteiger partial charge in [0.25, 0.3) is 0 Å². The summed E-state index contributed by atoms with van der Waals surface area (Å²) in [4.78, 5) is 1.69. The molecule has 0 fully saturated rings. The molecule has 44 heavy (non-hydrogen) atoms. The monoisotopic (exact) mass is 619 g/mol. The van der Waals surface area contributed by atoms with Gasteiger partial charge in [-0.15, -0.1) is 11.6 Å². The van der Waals surface area contributed by atoms with E-state index in [1.165, 1.54) is 67.5 Å². The van der Waals surface area contributed by atoms with Gasteiger partial charge < -0.3 is 20.1 Å². The van der Waals surface area contributed by atoms with E-state index in [9.17, 15) is 0 Å². The quantitative estimate of drug-likeness (QED) is 0.0995. The van der Waals surface area contributed by atoms with Gasteiger partial charge in [0.15, 0.2) is 0 Å². The van der Waals surface area contributed by atoms with Crippen molar-refractivity contribution in [1.82, 2.24) is 0 Å². The van der Waals surface area contributed by atoms with E-state index in [0.29, 0.717) is 13.2 Å². The molecule has 0 heterocycles. The normalized spacial score (nSPS) is 12.8. The maximum Gasteiger partial charge on any atom is 0.119 e. The van der Waals surface area contributed by atoms with Crippen LogP contribution in [0.5, 0.6) is 11.5 Å². The van der Waals surface area contributed by atoms with Crippen molar-refractivity contribution in [1.29, 1.82) is 0 Å². The van der Waals surface area contributed by atoms with E-state index in [-0.39, 0.29) is 6.04 Å². The van der Waals surface area contributed by atoms with Gasteiger partial charge in [-0.3, -0.25) is 0 Å². The fraction of sp³-hybridized carbons (Fsp3) is 0.436. The number of nitrogens with one attached hydrogen (secondary N) is 1. The molecule has 0 aliphatic heterocycles. The molecule has 2 atom stereocenters. The van der Waals surface area contributed by atoms with Gasteiger partial charge in [0.05, 0.1) is 19.6 Å². The zero-order chi connectivity index (χ0) is 31.8. The lowest BCUT2D eigenvalue weighted by atomic mass is 10.1. The van der Waals surface area contributed by atoms with E-state index in [4.69, 9.17) is 15.2 Å². The lowest BCUT2D eigenvalue weighted by Gasteiger charge is -2.20. The Balaban J connectivity index is 0.00000330. The molecule has 0 aromatic heterocycles. The van der Waals surface area contributed by atoms with Crippen LogP contribution in [0, 0.1) is 0 Å². The first kappa shape index (κ1) is 37.1. The fourth-order valence-corrected chi connectivity index (χ4v) is 5.20. The highest BCUT2D eigenvalue weighted by Gasteiger charge is 2.10. The highest BCUT2D eigenvalue weighted by molar-refractivity contribution is 6.15. The van der Waals surface area contributed by atoms with Crippen molar-refractivity contribution in [3.05, 3.63) is 119 Å². The molecule has 0 aliphatic rings. The summed E-state index contributed by atoms with van der Waals surface area (Å²) in [6.45, 7) is 11.1. The molecule has 0 spiro atoms. The van der Waals surface area contributed by atoms with Crippen molar-refractivity contribution in [2.45, 2.75) is 78.4 Å². The average Bonchev–Trinajstić information content (AvgIpc) is 3.05. The third-order valence-corrected chi connectivity index (χ3v) is 7.53. The molecule has 0 saturated carbocycles. The van der Waals surface area contributed by atoms with Crippen LogP contribution in [-0.2, 0) is 19.4 Å². The summed E-state index contributed by atoms with van der Waals surface area (Å²) in [5.41, 5.74) is 11.2. The second-order valence-corrected chi connectivity index (χ2v) is 11.4.